The molecule has 0 bridgehead atoms. The first-order chi connectivity index (χ1) is 7.75. The number of nitrogens with zero attached hydrogens (tertiary/aromatic N) is 1. The standard InChI is InChI=1S/C11H18N2O2S/c1-8-6-16-11(13-8)9(2)12-5-10-3-4-14-7-15-10/h6,9-10,12H,3-5,7H2,1-2H3. The molecule has 1 aromatic heterocycles. The normalized spacial score (nSPS) is 23.2. The van der Waals surface area contributed by atoms with Gasteiger partial charge in [0.2, 0.25) is 0 Å². The number of hydrogen-bond acceptors (Lipinski definition) is 5. The van der Waals surface area contributed by atoms with Gasteiger partial charge in [-0.25, -0.2) is 4.98 Å². The summed E-state index contributed by atoms with van der Waals surface area (Å²) in [5, 5.41) is 6.67. The average Bonchev–Trinajstić information content (AvgIpc) is 2.74. The summed E-state index contributed by atoms with van der Waals surface area (Å²) in [6.45, 7) is 6.25. The molecule has 2 unspecified atom stereocenters. The molecular weight excluding hydrogens is 224 g/mol. The summed E-state index contributed by atoms with van der Waals surface area (Å²) in [6, 6.07) is 0.296. The number of ether oxygens (including phenoxy) is 2. The Balaban J connectivity index is 1.76. The quantitative estimate of drug-likeness (QED) is 0.875. The van der Waals surface area contributed by atoms with Crippen molar-refractivity contribution in [2.75, 3.05) is 19.9 Å². The zero-order valence-corrected chi connectivity index (χ0v) is 10.5. The van der Waals surface area contributed by atoms with Crippen LogP contribution >= 0.6 is 11.3 Å². The Labute approximate surface area is 100.0 Å². The highest BCUT2D eigenvalue weighted by molar-refractivity contribution is 7.09. The lowest BCUT2D eigenvalue weighted by atomic mass is 10.2. The molecule has 2 rings (SSSR count). The molecule has 4 nitrogen and oxygen atoms in total. The van der Waals surface area contributed by atoms with Crippen molar-refractivity contribution in [3.05, 3.63) is 16.1 Å². The van der Waals surface area contributed by atoms with Crippen LogP contribution in [0.1, 0.15) is 30.1 Å². The van der Waals surface area contributed by atoms with E-state index < -0.39 is 0 Å². The van der Waals surface area contributed by atoms with Crippen LogP contribution in [0.5, 0.6) is 0 Å². The maximum atomic E-state index is 5.47. The van der Waals surface area contributed by atoms with Crippen LogP contribution in [0, 0.1) is 6.92 Å². The molecule has 1 aliphatic heterocycles. The second-order valence-corrected chi connectivity index (χ2v) is 4.95. The molecule has 0 spiro atoms. The summed E-state index contributed by atoms with van der Waals surface area (Å²) in [5.41, 5.74) is 1.09. The average molecular weight is 242 g/mol. The van der Waals surface area contributed by atoms with E-state index in [9.17, 15) is 0 Å². The van der Waals surface area contributed by atoms with Gasteiger partial charge in [0.1, 0.15) is 11.8 Å². The van der Waals surface area contributed by atoms with Crippen LogP contribution in [-0.4, -0.2) is 31.0 Å². The summed E-state index contributed by atoms with van der Waals surface area (Å²) >= 11 is 1.71. The van der Waals surface area contributed by atoms with Gasteiger partial charge in [-0.15, -0.1) is 11.3 Å². The first-order valence-electron chi connectivity index (χ1n) is 5.60. The Kier molecular flexibility index (Phi) is 4.29. The lowest BCUT2D eigenvalue weighted by Crippen LogP contribution is -2.35. The first-order valence-corrected chi connectivity index (χ1v) is 6.48. The maximum absolute atomic E-state index is 5.47. The fraction of sp³-hybridized carbons (Fsp3) is 0.727. The predicted octanol–water partition coefficient (Wildman–Crippen LogP) is 1.87. The van der Waals surface area contributed by atoms with Crippen molar-refractivity contribution in [2.24, 2.45) is 0 Å². The van der Waals surface area contributed by atoms with Gasteiger partial charge in [-0.2, -0.15) is 0 Å². The molecule has 0 saturated carbocycles. The third-order valence-corrected chi connectivity index (χ3v) is 3.78. The van der Waals surface area contributed by atoms with E-state index in [1.165, 1.54) is 0 Å². The summed E-state index contributed by atoms with van der Waals surface area (Å²) in [6.07, 6.45) is 1.24. The van der Waals surface area contributed by atoms with Crippen LogP contribution in [0.3, 0.4) is 0 Å². The summed E-state index contributed by atoms with van der Waals surface area (Å²) < 4.78 is 10.6. The number of hydrogen-bond donors (Lipinski definition) is 1. The molecule has 1 fully saturated rings. The van der Waals surface area contributed by atoms with Gasteiger partial charge < -0.3 is 14.8 Å². The Morgan fingerprint density at radius 2 is 2.56 bits per heavy atom. The van der Waals surface area contributed by atoms with Gasteiger partial charge in [-0.1, -0.05) is 0 Å². The molecule has 1 saturated heterocycles. The number of rotatable bonds is 4. The van der Waals surface area contributed by atoms with E-state index in [1.807, 2.05) is 6.92 Å². The van der Waals surface area contributed by atoms with E-state index in [0.717, 1.165) is 30.3 Å². The molecule has 5 heteroatoms. The second kappa shape index (κ2) is 5.72. The second-order valence-electron chi connectivity index (χ2n) is 4.06. The summed E-state index contributed by atoms with van der Waals surface area (Å²) in [4.78, 5) is 4.46. The number of aromatic nitrogens is 1. The lowest BCUT2D eigenvalue weighted by molar-refractivity contribution is -0.137. The predicted molar refractivity (Wildman–Crippen MR) is 63.6 cm³/mol. The minimum absolute atomic E-state index is 0.275. The van der Waals surface area contributed by atoms with E-state index in [0.29, 0.717) is 12.8 Å². The van der Waals surface area contributed by atoms with Crippen LogP contribution in [-0.2, 0) is 9.47 Å². The van der Waals surface area contributed by atoms with E-state index in [4.69, 9.17) is 9.47 Å². The number of nitrogens with one attached hydrogen (secondary N) is 1. The third kappa shape index (κ3) is 3.25. The van der Waals surface area contributed by atoms with E-state index in [1.54, 1.807) is 11.3 Å². The maximum Gasteiger partial charge on any atom is 0.147 e. The van der Waals surface area contributed by atoms with Crippen molar-refractivity contribution in [1.82, 2.24) is 10.3 Å². The fourth-order valence-electron chi connectivity index (χ4n) is 1.63. The highest BCUT2D eigenvalue weighted by Gasteiger charge is 2.16. The van der Waals surface area contributed by atoms with Gasteiger partial charge in [0.15, 0.2) is 0 Å². The Morgan fingerprint density at radius 3 is 3.19 bits per heavy atom. The molecule has 2 atom stereocenters. The van der Waals surface area contributed by atoms with Gasteiger partial charge in [0.25, 0.3) is 0 Å². The van der Waals surface area contributed by atoms with Gasteiger partial charge in [0, 0.05) is 17.6 Å². The first kappa shape index (κ1) is 12.0. The summed E-state index contributed by atoms with van der Waals surface area (Å²) in [7, 11) is 0. The molecule has 90 valence electrons. The van der Waals surface area contributed by atoms with Gasteiger partial charge in [-0.3, -0.25) is 0 Å². The molecule has 0 aliphatic carbocycles. The largest absolute Gasteiger partial charge is 0.355 e. The lowest BCUT2D eigenvalue weighted by Gasteiger charge is -2.24. The van der Waals surface area contributed by atoms with Crippen molar-refractivity contribution < 1.29 is 9.47 Å². The Morgan fingerprint density at radius 1 is 1.69 bits per heavy atom. The molecule has 0 amide bonds. The minimum atomic E-state index is 0.275. The number of aryl methyl sites for hydroxylation is 1. The zero-order valence-electron chi connectivity index (χ0n) is 9.73. The van der Waals surface area contributed by atoms with E-state index >= 15 is 0 Å². The van der Waals surface area contributed by atoms with Crippen molar-refractivity contribution in [1.29, 1.82) is 0 Å². The minimum Gasteiger partial charge on any atom is -0.355 e. The highest BCUT2D eigenvalue weighted by Crippen LogP contribution is 2.17. The Hall–Kier alpha value is -0.490. The molecular formula is C11H18N2O2S. The molecule has 1 aliphatic rings. The molecule has 0 radical (unpaired) electrons. The highest BCUT2D eigenvalue weighted by atomic mass is 32.1. The van der Waals surface area contributed by atoms with Crippen molar-refractivity contribution in [3.63, 3.8) is 0 Å². The molecule has 16 heavy (non-hydrogen) atoms. The van der Waals surface area contributed by atoms with E-state index in [-0.39, 0.29) is 6.10 Å². The SMILES string of the molecule is Cc1csc(C(C)NCC2CCOCO2)n1. The molecule has 0 aromatic carbocycles. The number of thiazole rings is 1. The van der Waals surface area contributed by atoms with Crippen molar-refractivity contribution in [3.8, 4) is 0 Å². The van der Waals surface area contributed by atoms with Crippen molar-refractivity contribution >= 4 is 11.3 Å². The monoisotopic (exact) mass is 242 g/mol. The molecule has 1 aromatic rings. The third-order valence-electron chi connectivity index (χ3n) is 2.63. The van der Waals surface area contributed by atoms with Crippen molar-refractivity contribution in [2.45, 2.75) is 32.4 Å². The summed E-state index contributed by atoms with van der Waals surface area (Å²) in [5.74, 6) is 0. The van der Waals surface area contributed by atoms with Crippen LogP contribution < -0.4 is 5.32 Å². The fourth-order valence-corrected chi connectivity index (χ4v) is 2.46. The van der Waals surface area contributed by atoms with Gasteiger partial charge in [0.05, 0.1) is 18.8 Å². The smallest absolute Gasteiger partial charge is 0.147 e. The van der Waals surface area contributed by atoms with Crippen LogP contribution in [0.15, 0.2) is 5.38 Å². The van der Waals surface area contributed by atoms with Gasteiger partial charge >= 0.3 is 0 Å². The molecule has 1 N–H and O–H groups in total. The zero-order chi connectivity index (χ0) is 11.4. The molecule has 2 heterocycles. The Bertz CT molecular complexity index is 324. The van der Waals surface area contributed by atoms with E-state index in [2.05, 4.69) is 22.6 Å². The van der Waals surface area contributed by atoms with Crippen LogP contribution in [0.2, 0.25) is 0 Å². The van der Waals surface area contributed by atoms with Crippen LogP contribution in [0.4, 0.5) is 0 Å². The topological polar surface area (TPSA) is 43.4 Å². The van der Waals surface area contributed by atoms with Gasteiger partial charge in [-0.05, 0) is 20.3 Å². The van der Waals surface area contributed by atoms with Crippen LogP contribution in [0.25, 0.3) is 0 Å².